The van der Waals surface area contributed by atoms with Crippen molar-refractivity contribution in [2.75, 3.05) is 18.0 Å². The number of halogens is 2. The average Bonchev–Trinajstić information content (AvgIpc) is 2.66. The molecule has 3 heterocycles. The van der Waals surface area contributed by atoms with E-state index in [-0.39, 0.29) is 30.2 Å². The van der Waals surface area contributed by atoms with Crippen LogP contribution >= 0.6 is 12.4 Å². The number of nitrogens with zero attached hydrogens (tertiary/aromatic N) is 5. The molecule has 0 amide bonds. The molecular formula is C21H23ClFN5O. The molecular weight excluding hydrogens is 393 g/mol. The fraction of sp³-hybridized carbons (Fsp3) is 0.333. The summed E-state index contributed by atoms with van der Waals surface area (Å²) in [6, 6.07) is 8.51. The number of hydrogen-bond donors (Lipinski definition) is 1. The molecule has 0 bridgehead atoms. The molecule has 3 aromatic rings. The van der Waals surface area contributed by atoms with E-state index >= 15 is 0 Å². The topological polar surface area (TPSA) is 75.0 Å². The quantitative estimate of drug-likeness (QED) is 0.667. The van der Waals surface area contributed by atoms with Gasteiger partial charge in [0.15, 0.2) is 0 Å². The van der Waals surface area contributed by atoms with E-state index in [2.05, 4.69) is 16.9 Å². The second-order valence-corrected chi connectivity index (χ2v) is 7.22. The zero-order chi connectivity index (χ0) is 19.5. The van der Waals surface area contributed by atoms with Gasteiger partial charge in [0.1, 0.15) is 17.5 Å². The number of benzene rings is 1. The largest absolute Gasteiger partial charge is 0.389 e. The smallest absolute Gasteiger partial charge is 0.132 e. The highest BCUT2D eigenvalue weighted by Crippen LogP contribution is 2.24. The number of aliphatic hydroxyl groups is 1. The summed E-state index contributed by atoms with van der Waals surface area (Å²) in [7, 11) is 0. The van der Waals surface area contributed by atoms with Crippen molar-refractivity contribution in [1.82, 2.24) is 19.9 Å². The van der Waals surface area contributed by atoms with Crippen LogP contribution in [0.3, 0.4) is 0 Å². The third-order valence-electron chi connectivity index (χ3n) is 4.90. The summed E-state index contributed by atoms with van der Waals surface area (Å²) in [5.41, 5.74) is 2.76. The maximum Gasteiger partial charge on any atom is 0.132 e. The second kappa shape index (κ2) is 9.24. The van der Waals surface area contributed by atoms with Gasteiger partial charge in [-0.2, -0.15) is 0 Å². The summed E-state index contributed by atoms with van der Waals surface area (Å²) in [6.45, 7) is 3.24. The predicted molar refractivity (Wildman–Crippen MR) is 111 cm³/mol. The number of anilines is 1. The lowest BCUT2D eigenvalue weighted by atomic mass is 9.97. The van der Waals surface area contributed by atoms with Crippen LogP contribution in [-0.2, 0) is 12.8 Å². The molecule has 0 radical (unpaired) electrons. The minimum absolute atomic E-state index is 0. The Morgan fingerprint density at radius 1 is 1.14 bits per heavy atom. The maximum atomic E-state index is 13.2. The van der Waals surface area contributed by atoms with E-state index < -0.39 is 0 Å². The maximum absolute atomic E-state index is 13.2. The van der Waals surface area contributed by atoms with Crippen molar-refractivity contribution in [3.63, 3.8) is 0 Å². The normalized spacial score (nSPS) is 14.8. The van der Waals surface area contributed by atoms with Crippen molar-refractivity contribution in [1.29, 1.82) is 0 Å². The summed E-state index contributed by atoms with van der Waals surface area (Å²) in [4.78, 5) is 19.9. The number of hydrogen-bond acceptors (Lipinski definition) is 6. The van der Waals surface area contributed by atoms with Crippen molar-refractivity contribution < 1.29 is 9.50 Å². The lowest BCUT2D eigenvalue weighted by Gasteiger charge is -2.37. The van der Waals surface area contributed by atoms with Gasteiger partial charge in [-0.05, 0) is 23.6 Å². The van der Waals surface area contributed by atoms with Gasteiger partial charge in [0.25, 0.3) is 0 Å². The lowest BCUT2D eigenvalue weighted by molar-refractivity contribution is 0.141. The molecule has 0 unspecified atom stereocenters. The molecule has 1 aromatic carbocycles. The van der Waals surface area contributed by atoms with E-state index in [1.807, 2.05) is 11.0 Å². The van der Waals surface area contributed by atoms with Crippen molar-refractivity contribution in [2.24, 2.45) is 0 Å². The molecule has 6 nitrogen and oxygen atoms in total. The second-order valence-electron chi connectivity index (χ2n) is 7.22. The highest BCUT2D eigenvalue weighted by Gasteiger charge is 2.26. The van der Waals surface area contributed by atoms with Crippen LogP contribution in [0.25, 0.3) is 0 Å². The first-order chi connectivity index (χ1) is 13.6. The van der Waals surface area contributed by atoms with Gasteiger partial charge >= 0.3 is 0 Å². The van der Waals surface area contributed by atoms with Gasteiger partial charge in [0, 0.05) is 50.6 Å². The van der Waals surface area contributed by atoms with E-state index in [1.54, 1.807) is 30.7 Å². The zero-order valence-corrected chi connectivity index (χ0v) is 16.9. The molecule has 0 saturated carbocycles. The molecule has 2 aromatic heterocycles. The Hall–Kier alpha value is -2.64. The fourth-order valence-electron chi connectivity index (χ4n) is 3.31. The number of β-amino-alcohol motifs (C(OH)–C–C–N with tert-alkyl or cyclic N) is 1. The Morgan fingerprint density at radius 2 is 1.90 bits per heavy atom. The fourth-order valence-corrected chi connectivity index (χ4v) is 3.31. The Labute approximate surface area is 175 Å². The molecule has 1 aliphatic rings. The van der Waals surface area contributed by atoms with E-state index in [0.717, 1.165) is 28.6 Å². The van der Waals surface area contributed by atoms with Gasteiger partial charge in [-0.1, -0.05) is 19.1 Å². The number of aliphatic hydroxyl groups excluding tert-OH is 1. The number of aromatic nitrogens is 4. The van der Waals surface area contributed by atoms with Gasteiger partial charge in [-0.15, -0.1) is 12.4 Å². The minimum atomic E-state index is -0.306. The van der Waals surface area contributed by atoms with Gasteiger partial charge in [-0.3, -0.25) is 9.97 Å². The van der Waals surface area contributed by atoms with Gasteiger partial charge < -0.3 is 10.0 Å². The Balaban J connectivity index is 0.00000240. The predicted octanol–water partition coefficient (Wildman–Crippen LogP) is 2.95. The highest BCUT2D eigenvalue weighted by atomic mass is 35.5. The molecule has 1 N–H and O–H groups in total. The summed E-state index contributed by atoms with van der Waals surface area (Å²) in [6.07, 6.45) is 5.95. The van der Waals surface area contributed by atoms with Crippen LogP contribution in [0.1, 0.15) is 35.6 Å². The minimum Gasteiger partial charge on any atom is -0.389 e. The molecule has 1 aliphatic heterocycles. The van der Waals surface area contributed by atoms with Gasteiger partial charge in [0.2, 0.25) is 0 Å². The van der Waals surface area contributed by atoms with Crippen LogP contribution in [0.15, 0.2) is 48.9 Å². The third-order valence-corrected chi connectivity index (χ3v) is 4.90. The Kier molecular flexibility index (Phi) is 6.71. The van der Waals surface area contributed by atoms with E-state index in [1.165, 1.54) is 12.1 Å². The third kappa shape index (κ3) is 5.25. The molecule has 4 rings (SSSR count). The van der Waals surface area contributed by atoms with Gasteiger partial charge in [0.05, 0.1) is 17.5 Å². The summed E-state index contributed by atoms with van der Waals surface area (Å²) < 4.78 is 13.2. The van der Waals surface area contributed by atoms with E-state index in [0.29, 0.717) is 25.9 Å². The highest BCUT2D eigenvalue weighted by molar-refractivity contribution is 5.85. The summed E-state index contributed by atoms with van der Waals surface area (Å²) in [5.74, 6) is 1.47. The number of rotatable bonds is 6. The van der Waals surface area contributed by atoms with Crippen molar-refractivity contribution in [2.45, 2.75) is 31.8 Å². The Bertz CT molecular complexity index is 936. The van der Waals surface area contributed by atoms with Crippen LogP contribution in [0.4, 0.5) is 10.2 Å². The molecule has 152 valence electrons. The van der Waals surface area contributed by atoms with Crippen molar-refractivity contribution in [3.05, 3.63) is 77.5 Å². The molecule has 1 fully saturated rings. The van der Waals surface area contributed by atoms with Crippen LogP contribution in [-0.4, -0.2) is 44.2 Å². The lowest BCUT2D eigenvalue weighted by Crippen LogP contribution is -2.51. The van der Waals surface area contributed by atoms with Crippen molar-refractivity contribution >= 4 is 18.2 Å². The first kappa shape index (κ1) is 21.1. The van der Waals surface area contributed by atoms with Crippen LogP contribution in [0.2, 0.25) is 0 Å². The molecule has 1 saturated heterocycles. The molecule has 1 atom stereocenters. The molecule has 0 spiro atoms. The van der Waals surface area contributed by atoms with Crippen molar-refractivity contribution in [3.8, 4) is 0 Å². The summed E-state index contributed by atoms with van der Waals surface area (Å²) in [5, 5.41) is 9.64. The van der Waals surface area contributed by atoms with E-state index in [9.17, 15) is 9.50 Å². The van der Waals surface area contributed by atoms with E-state index in [4.69, 9.17) is 9.97 Å². The Morgan fingerprint density at radius 3 is 2.55 bits per heavy atom. The van der Waals surface area contributed by atoms with Crippen LogP contribution < -0.4 is 4.90 Å². The van der Waals surface area contributed by atoms with Gasteiger partial charge in [-0.25, -0.2) is 14.4 Å². The first-order valence-electron chi connectivity index (χ1n) is 9.37. The molecule has 0 aliphatic carbocycles. The average molecular weight is 416 g/mol. The zero-order valence-electron chi connectivity index (χ0n) is 16.1. The first-order valence-corrected chi connectivity index (χ1v) is 9.37. The monoisotopic (exact) mass is 415 g/mol. The van der Waals surface area contributed by atoms with Crippen LogP contribution in [0, 0.1) is 5.82 Å². The summed E-state index contributed by atoms with van der Waals surface area (Å²) >= 11 is 0. The molecule has 29 heavy (non-hydrogen) atoms. The van der Waals surface area contributed by atoms with Crippen LogP contribution in [0.5, 0.6) is 0 Å². The standard InChI is InChI=1S/C21H22FN5O.ClH/c1-14(15-2-4-16(22)5-3-15)8-20-25-17(9-18-11-23-6-7-24-18)10-21(26-20)27-12-19(28)13-27;/h2-7,10-11,14,19,28H,8-9,12-13H2,1H3;1H/t14-;/m1./s1. The molecule has 8 heteroatoms. The SMILES string of the molecule is C[C@H](Cc1nc(Cc2cnccn2)cc(N2CC(O)C2)n1)c1ccc(F)cc1.Cl.